The van der Waals surface area contributed by atoms with E-state index in [0.29, 0.717) is 22.5 Å². The third kappa shape index (κ3) is 2.65. The standard InChI is InChI=1S/C15H15FN2O3/c1-8-12(9(2)17-13(8)15(20)21)14(19)18(3)11-6-4-5-10(16)7-11/h4-7,17H,1-3H3,(H,20,21). The molecule has 0 saturated carbocycles. The van der Waals surface area contributed by atoms with Crippen LogP contribution in [0.2, 0.25) is 0 Å². The fraction of sp³-hybridized carbons (Fsp3) is 0.200. The average molecular weight is 290 g/mol. The predicted octanol–water partition coefficient (Wildman–Crippen LogP) is 2.75. The Labute approximate surface area is 121 Å². The van der Waals surface area contributed by atoms with Crippen LogP contribution in [0, 0.1) is 19.7 Å². The molecule has 0 spiro atoms. The summed E-state index contributed by atoms with van der Waals surface area (Å²) in [6.07, 6.45) is 0. The van der Waals surface area contributed by atoms with Gasteiger partial charge in [-0.05, 0) is 37.6 Å². The molecule has 0 saturated heterocycles. The van der Waals surface area contributed by atoms with Gasteiger partial charge in [0.25, 0.3) is 5.91 Å². The SMILES string of the molecule is Cc1[nH]c(C(=O)O)c(C)c1C(=O)N(C)c1cccc(F)c1. The first kappa shape index (κ1) is 14.8. The minimum atomic E-state index is -1.12. The number of aryl methyl sites for hydroxylation is 1. The van der Waals surface area contributed by atoms with Crippen molar-refractivity contribution in [3.63, 3.8) is 0 Å². The maximum Gasteiger partial charge on any atom is 0.352 e. The van der Waals surface area contributed by atoms with Crippen molar-refractivity contribution in [3.8, 4) is 0 Å². The van der Waals surface area contributed by atoms with Gasteiger partial charge in [0, 0.05) is 18.4 Å². The molecule has 2 rings (SSSR count). The summed E-state index contributed by atoms with van der Waals surface area (Å²) in [6, 6.07) is 5.65. The summed E-state index contributed by atoms with van der Waals surface area (Å²) >= 11 is 0. The first-order valence-electron chi connectivity index (χ1n) is 6.29. The first-order valence-corrected chi connectivity index (χ1v) is 6.29. The zero-order valence-electron chi connectivity index (χ0n) is 11.9. The molecule has 1 aromatic carbocycles. The number of carbonyl (C=O) groups is 2. The summed E-state index contributed by atoms with van der Waals surface area (Å²) in [4.78, 5) is 27.6. The van der Waals surface area contributed by atoms with Crippen LogP contribution in [-0.2, 0) is 0 Å². The maximum atomic E-state index is 13.2. The van der Waals surface area contributed by atoms with Gasteiger partial charge in [0.15, 0.2) is 0 Å². The summed E-state index contributed by atoms with van der Waals surface area (Å²) in [5, 5.41) is 9.07. The number of aromatic carboxylic acids is 1. The second kappa shape index (κ2) is 5.40. The predicted molar refractivity (Wildman–Crippen MR) is 76.4 cm³/mol. The lowest BCUT2D eigenvalue weighted by Crippen LogP contribution is -2.27. The Kier molecular flexibility index (Phi) is 3.80. The van der Waals surface area contributed by atoms with Gasteiger partial charge in [-0.1, -0.05) is 6.07 Å². The molecule has 0 aliphatic carbocycles. The normalized spacial score (nSPS) is 10.5. The number of benzene rings is 1. The van der Waals surface area contributed by atoms with Gasteiger partial charge >= 0.3 is 5.97 Å². The minimum Gasteiger partial charge on any atom is -0.477 e. The van der Waals surface area contributed by atoms with Crippen LogP contribution in [-0.4, -0.2) is 29.0 Å². The van der Waals surface area contributed by atoms with Gasteiger partial charge < -0.3 is 15.0 Å². The van der Waals surface area contributed by atoms with Crippen molar-refractivity contribution < 1.29 is 19.1 Å². The highest BCUT2D eigenvalue weighted by molar-refractivity contribution is 6.09. The van der Waals surface area contributed by atoms with E-state index in [1.165, 1.54) is 30.1 Å². The molecule has 1 heterocycles. The van der Waals surface area contributed by atoms with E-state index in [2.05, 4.69) is 4.98 Å². The number of nitrogens with one attached hydrogen (secondary N) is 1. The lowest BCUT2D eigenvalue weighted by atomic mass is 10.1. The highest BCUT2D eigenvalue weighted by Crippen LogP contribution is 2.23. The van der Waals surface area contributed by atoms with Gasteiger partial charge in [-0.25, -0.2) is 9.18 Å². The van der Waals surface area contributed by atoms with E-state index < -0.39 is 11.8 Å². The Morgan fingerprint density at radius 1 is 1.29 bits per heavy atom. The van der Waals surface area contributed by atoms with E-state index >= 15 is 0 Å². The molecule has 0 aliphatic rings. The molecule has 0 aliphatic heterocycles. The monoisotopic (exact) mass is 290 g/mol. The molecular weight excluding hydrogens is 275 g/mol. The number of rotatable bonds is 3. The van der Waals surface area contributed by atoms with E-state index in [9.17, 15) is 14.0 Å². The number of hydrogen-bond acceptors (Lipinski definition) is 2. The third-order valence-corrected chi connectivity index (χ3v) is 3.37. The summed E-state index contributed by atoms with van der Waals surface area (Å²) in [5.41, 5.74) is 1.52. The second-order valence-electron chi connectivity index (χ2n) is 4.77. The third-order valence-electron chi connectivity index (χ3n) is 3.37. The molecule has 110 valence electrons. The molecule has 5 nitrogen and oxygen atoms in total. The average Bonchev–Trinajstić information content (AvgIpc) is 2.72. The van der Waals surface area contributed by atoms with Gasteiger partial charge in [0.05, 0.1) is 5.56 Å². The van der Waals surface area contributed by atoms with Crippen LogP contribution in [0.15, 0.2) is 24.3 Å². The second-order valence-corrected chi connectivity index (χ2v) is 4.77. The fourth-order valence-corrected chi connectivity index (χ4v) is 2.25. The number of anilines is 1. The van der Waals surface area contributed by atoms with Gasteiger partial charge in [-0.15, -0.1) is 0 Å². The van der Waals surface area contributed by atoms with Crippen molar-refractivity contribution in [1.82, 2.24) is 4.98 Å². The van der Waals surface area contributed by atoms with Gasteiger partial charge in [0.1, 0.15) is 11.5 Å². The number of aromatic amines is 1. The van der Waals surface area contributed by atoms with Gasteiger partial charge in [-0.2, -0.15) is 0 Å². The highest BCUT2D eigenvalue weighted by Gasteiger charge is 2.24. The van der Waals surface area contributed by atoms with Gasteiger partial charge in [0.2, 0.25) is 0 Å². The molecule has 21 heavy (non-hydrogen) atoms. The molecule has 6 heteroatoms. The lowest BCUT2D eigenvalue weighted by Gasteiger charge is -2.18. The van der Waals surface area contributed by atoms with E-state index in [4.69, 9.17) is 5.11 Å². The molecule has 1 amide bonds. The van der Waals surface area contributed by atoms with Crippen LogP contribution in [0.4, 0.5) is 10.1 Å². The van der Waals surface area contributed by atoms with E-state index in [1.807, 2.05) is 0 Å². The minimum absolute atomic E-state index is 0.0107. The number of aromatic nitrogens is 1. The topological polar surface area (TPSA) is 73.4 Å². The van der Waals surface area contributed by atoms with Crippen molar-refractivity contribution in [2.24, 2.45) is 0 Å². The molecule has 0 fully saturated rings. The molecule has 2 N–H and O–H groups in total. The Morgan fingerprint density at radius 3 is 2.48 bits per heavy atom. The van der Waals surface area contributed by atoms with Crippen LogP contribution < -0.4 is 4.90 Å². The summed E-state index contributed by atoms with van der Waals surface area (Å²) in [5.74, 6) is -1.96. The first-order chi connectivity index (χ1) is 9.82. The number of H-pyrrole nitrogens is 1. The summed E-state index contributed by atoms with van der Waals surface area (Å²) < 4.78 is 13.2. The Morgan fingerprint density at radius 2 is 1.95 bits per heavy atom. The molecule has 0 bridgehead atoms. The summed E-state index contributed by atoms with van der Waals surface area (Å²) in [6.45, 7) is 3.20. The Hall–Kier alpha value is -2.63. The van der Waals surface area contributed by atoms with Gasteiger partial charge in [-0.3, -0.25) is 4.79 Å². The van der Waals surface area contributed by atoms with E-state index in [1.54, 1.807) is 19.9 Å². The number of carboxylic acid groups (broad SMARTS) is 1. The zero-order valence-corrected chi connectivity index (χ0v) is 11.9. The lowest BCUT2D eigenvalue weighted by molar-refractivity contribution is 0.0690. The smallest absolute Gasteiger partial charge is 0.352 e. The van der Waals surface area contributed by atoms with Crippen LogP contribution >= 0.6 is 0 Å². The largest absolute Gasteiger partial charge is 0.477 e. The van der Waals surface area contributed by atoms with Crippen molar-refractivity contribution in [2.75, 3.05) is 11.9 Å². The van der Waals surface area contributed by atoms with Crippen LogP contribution in [0.3, 0.4) is 0 Å². The maximum absolute atomic E-state index is 13.2. The Bertz CT molecular complexity index is 722. The van der Waals surface area contributed by atoms with Crippen LogP contribution in [0.1, 0.15) is 32.1 Å². The van der Waals surface area contributed by atoms with Crippen LogP contribution in [0.5, 0.6) is 0 Å². The summed E-state index contributed by atoms with van der Waals surface area (Å²) in [7, 11) is 1.52. The number of halogens is 1. The van der Waals surface area contributed by atoms with E-state index in [0.717, 1.165) is 0 Å². The molecule has 0 radical (unpaired) electrons. The Balaban J connectivity index is 2.43. The van der Waals surface area contributed by atoms with E-state index in [-0.39, 0.29) is 11.6 Å². The van der Waals surface area contributed by atoms with Crippen molar-refractivity contribution in [3.05, 3.63) is 52.6 Å². The number of nitrogens with zero attached hydrogens (tertiary/aromatic N) is 1. The van der Waals surface area contributed by atoms with Crippen LogP contribution in [0.25, 0.3) is 0 Å². The molecule has 0 atom stereocenters. The molecule has 1 aromatic heterocycles. The van der Waals surface area contributed by atoms with Crippen molar-refractivity contribution in [2.45, 2.75) is 13.8 Å². The number of carboxylic acids is 1. The van der Waals surface area contributed by atoms with Crippen molar-refractivity contribution >= 4 is 17.6 Å². The number of hydrogen-bond donors (Lipinski definition) is 2. The number of amides is 1. The fourth-order valence-electron chi connectivity index (χ4n) is 2.25. The zero-order chi connectivity index (χ0) is 15.7. The highest BCUT2D eigenvalue weighted by atomic mass is 19.1. The van der Waals surface area contributed by atoms with Crippen molar-refractivity contribution in [1.29, 1.82) is 0 Å². The molecular formula is C15H15FN2O3. The molecule has 2 aromatic rings. The molecule has 0 unspecified atom stereocenters. The number of carbonyl (C=O) groups excluding carboxylic acids is 1. The quantitative estimate of drug-likeness (QED) is 0.912.